The lowest BCUT2D eigenvalue weighted by Crippen LogP contribution is -2.56. The van der Waals surface area contributed by atoms with Gasteiger partial charge in [0, 0.05) is 17.4 Å². The number of likely N-dealkylation sites (tertiary alicyclic amines) is 1. The predicted molar refractivity (Wildman–Crippen MR) is 97.3 cm³/mol. The molecule has 0 radical (unpaired) electrons. The Morgan fingerprint density at radius 2 is 2.00 bits per heavy atom. The molecule has 1 aliphatic heterocycles. The first-order chi connectivity index (χ1) is 12.0. The molecule has 0 unspecified atom stereocenters. The van der Waals surface area contributed by atoms with Gasteiger partial charge < -0.3 is 14.1 Å². The highest BCUT2D eigenvalue weighted by molar-refractivity contribution is 7.98. The number of thioether (sulfide) groups is 1. The summed E-state index contributed by atoms with van der Waals surface area (Å²) in [5.74, 6) is 1.15. The number of ether oxygens (including phenoxy) is 1. The van der Waals surface area contributed by atoms with Crippen LogP contribution in [0.1, 0.15) is 17.7 Å². The lowest BCUT2D eigenvalue weighted by molar-refractivity contribution is -0.139. The van der Waals surface area contributed by atoms with Gasteiger partial charge in [-0.1, -0.05) is 12.1 Å². The largest absolute Gasteiger partial charge is 0.486 e. The van der Waals surface area contributed by atoms with Crippen LogP contribution in [0.4, 0.5) is 0 Å². The lowest BCUT2D eigenvalue weighted by Gasteiger charge is -2.39. The molecule has 132 valence electrons. The molecule has 0 saturated carbocycles. The predicted octanol–water partition coefficient (Wildman–Crippen LogP) is 2.89. The molecule has 1 fully saturated rings. The van der Waals surface area contributed by atoms with Crippen LogP contribution < -0.4 is 10.4 Å². The second-order valence-electron chi connectivity index (χ2n) is 6.11. The fourth-order valence-corrected chi connectivity index (χ4v) is 3.16. The Hall–Kier alpha value is -2.21. The van der Waals surface area contributed by atoms with E-state index in [0.29, 0.717) is 31.0 Å². The minimum Gasteiger partial charge on any atom is -0.486 e. The molecule has 5 nitrogen and oxygen atoms in total. The summed E-state index contributed by atoms with van der Waals surface area (Å²) in [7, 11) is 0. The van der Waals surface area contributed by atoms with Crippen LogP contribution in [0, 0.1) is 6.92 Å². The number of carbonyl (C=O) groups is 1. The zero-order chi connectivity index (χ0) is 17.8. The first kappa shape index (κ1) is 17.6. The average molecular weight is 359 g/mol. The summed E-state index contributed by atoms with van der Waals surface area (Å²) in [6, 6.07) is 11.3. The molecule has 3 rings (SSSR count). The number of aryl methyl sites for hydroxylation is 2. The van der Waals surface area contributed by atoms with Crippen molar-refractivity contribution in [2.75, 3.05) is 19.3 Å². The monoisotopic (exact) mass is 359 g/mol. The Labute approximate surface area is 151 Å². The minimum absolute atomic E-state index is 0.0639. The van der Waals surface area contributed by atoms with Crippen molar-refractivity contribution in [1.29, 1.82) is 0 Å². The number of rotatable bonds is 6. The third-order valence-electron chi connectivity index (χ3n) is 4.16. The second-order valence-corrected chi connectivity index (χ2v) is 6.99. The summed E-state index contributed by atoms with van der Waals surface area (Å²) >= 11 is 1.71. The first-order valence-corrected chi connectivity index (χ1v) is 9.45. The quantitative estimate of drug-likeness (QED) is 0.742. The Morgan fingerprint density at radius 1 is 1.28 bits per heavy atom. The standard InChI is InChI=1S/C19H21NO4S/c1-13-9-15(10-19(22)23-13)24-16-11-20(12-16)18(21)8-5-14-3-6-17(25-2)7-4-14/h3-4,6-7,9-10,16H,5,8,11-12H2,1-2H3. The van der Waals surface area contributed by atoms with Crippen molar-refractivity contribution in [1.82, 2.24) is 4.90 Å². The van der Waals surface area contributed by atoms with Gasteiger partial charge in [-0.05, 0) is 37.3 Å². The summed E-state index contributed by atoms with van der Waals surface area (Å²) in [6.07, 6.45) is 3.23. The normalized spacial score (nSPS) is 14.2. The maximum absolute atomic E-state index is 12.2. The van der Waals surface area contributed by atoms with E-state index in [9.17, 15) is 9.59 Å². The van der Waals surface area contributed by atoms with Crippen molar-refractivity contribution in [3.63, 3.8) is 0 Å². The Kier molecular flexibility index (Phi) is 5.48. The summed E-state index contributed by atoms with van der Waals surface area (Å²) in [5, 5.41) is 0. The highest BCUT2D eigenvalue weighted by Gasteiger charge is 2.32. The third kappa shape index (κ3) is 4.66. The molecular weight excluding hydrogens is 338 g/mol. The Morgan fingerprint density at radius 3 is 2.64 bits per heavy atom. The van der Waals surface area contributed by atoms with Gasteiger partial charge in [0.05, 0.1) is 19.2 Å². The van der Waals surface area contributed by atoms with Gasteiger partial charge in [-0.3, -0.25) is 4.79 Å². The van der Waals surface area contributed by atoms with Crippen molar-refractivity contribution < 1.29 is 13.9 Å². The smallest absolute Gasteiger partial charge is 0.339 e. The Bertz CT molecular complexity index is 794. The van der Waals surface area contributed by atoms with Crippen LogP contribution in [-0.2, 0) is 11.2 Å². The summed E-state index contributed by atoms with van der Waals surface area (Å²) in [5.41, 5.74) is 0.751. The summed E-state index contributed by atoms with van der Waals surface area (Å²) in [6.45, 7) is 2.82. The highest BCUT2D eigenvalue weighted by Crippen LogP contribution is 2.20. The maximum atomic E-state index is 12.2. The number of hydrogen-bond acceptors (Lipinski definition) is 5. The second kappa shape index (κ2) is 7.78. The fraction of sp³-hybridized carbons (Fsp3) is 0.368. The average Bonchev–Trinajstić information content (AvgIpc) is 2.55. The van der Waals surface area contributed by atoms with Crippen LogP contribution in [0.25, 0.3) is 0 Å². The number of hydrogen-bond donors (Lipinski definition) is 0. The van der Waals surface area contributed by atoms with E-state index in [4.69, 9.17) is 9.15 Å². The van der Waals surface area contributed by atoms with Gasteiger partial charge in [-0.25, -0.2) is 4.79 Å². The van der Waals surface area contributed by atoms with Crippen LogP contribution in [0.5, 0.6) is 5.75 Å². The number of benzene rings is 1. The third-order valence-corrected chi connectivity index (χ3v) is 4.90. The molecule has 1 aliphatic rings. The number of carbonyl (C=O) groups excluding carboxylic acids is 1. The molecule has 0 atom stereocenters. The molecule has 0 spiro atoms. The molecule has 2 heterocycles. The van der Waals surface area contributed by atoms with E-state index in [1.54, 1.807) is 29.7 Å². The van der Waals surface area contributed by atoms with Crippen LogP contribution in [0.3, 0.4) is 0 Å². The van der Waals surface area contributed by atoms with Gasteiger partial charge >= 0.3 is 5.63 Å². The van der Waals surface area contributed by atoms with Crippen molar-refractivity contribution in [2.24, 2.45) is 0 Å². The SMILES string of the molecule is CSc1ccc(CCC(=O)N2CC(Oc3cc(C)oc(=O)c3)C2)cc1. The molecule has 0 aliphatic carbocycles. The number of nitrogens with zero attached hydrogens (tertiary/aromatic N) is 1. The van der Waals surface area contributed by atoms with Crippen molar-refractivity contribution in [3.05, 3.63) is 58.1 Å². The van der Waals surface area contributed by atoms with E-state index in [2.05, 4.69) is 24.3 Å². The molecule has 1 aromatic carbocycles. The van der Waals surface area contributed by atoms with E-state index in [1.807, 2.05) is 6.26 Å². The minimum atomic E-state index is -0.422. The Balaban J connectivity index is 1.44. The highest BCUT2D eigenvalue weighted by atomic mass is 32.2. The van der Waals surface area contributed by atoms with Gasteiger partial charge in [0.25, 0.3) is 0 Å². The van der Waals surface area contributed by atoms with Crippen molar-refractivity contribution in [3.8, 4) is 5.75 Å². The van der Waals surface area contributed by atoms with E-state index < -0.39 is 5.63 Å². The van der Waals surface area contributed by atoms with Gasteiger partial charge in [0.15, 0.2) is 0 Å². The van der Waals surface area contributed by atoms with E-state index in [-0.39, 0.29) is 12.0 Å². The maximum Gasteiger partial charge on any atom is 0.339 e. The topological polar surface area (TPSA) is 59.8 Å². The van der Waals surface area contributed by atoms with Crippen LogP contribution in [-0.4, -0.2) is 36.3 Å². The van der Waals surface area contributed by atoms with E-state index in [0.717, 1.165) is 6.42 Å². The molecule has 1 amide bonds. The van der Waals surface area contributed by atoms with Crippen molar-refractivity contribution >= 4 is 17.7 Å². The summed E-state index contributed by atoms with van der Waals surface area (Å²) < 4.78 is 10.6. The van der Waals surface area contributed by atoms with Crippen LogP contribution in [0.15, 0.2) is 50.5 Å². The molecule has 1 aromatic heterocycles. The van der Waals surface area contributed by atoms with Gasteiger partial charge in [0.2, 0.25) is 5.91 Å². The number of amides is 1. The van der Waals surface area contributed by atoms with Gasteiger partial charge in [-0.2, -0.15) is 0 Å². The molecular formula is C19H21NO4S. The lowest BCUT2D eigenvalue weighted by atomic mass is 10.1. The molecule has 25 heavy (non-hydrogen) atoms. The fourth-order valence-electron chi connectivity index (χ4n) is 2.75. The molecule has 0 bridgehead atoms. The van der Waals surface area contributed by atoms with Crippen LogP contribution >= 0.6 is 11.8 Å². The van der Waals surface area contributed by atoms with Gasteiger partial charge in [0.1, 0.15) is 17.6 Å². The molecule has 2 aromatic rings. The molecule has 6 heteroatoms. The molecule has 1 saturated heterocycles. The zero-order valence-corrected chi connectivity index (χ0v) is 15.2. The van der Waals surface area contributed by atoms with Crippen LogP contribution in [0.2, 0.25) is 0 Å². The van der Waals surface area contributed by atoms with E-state index >= 15 is 0 Å². The first-order valence-electron chi connectivity index (χ1n) is 8.22. The zero-order valence-electron chi connectivity index (χ0n) is 14.4. The van der Waals surface area contributed by atoms with E-state index in [1.165, 1.54) is 16.5 Å². The molecule has 0 N–H and O–H groups in total. The summed E-state index contributed by atoms with van der Waals surface area (Å²) in [4.78, 5) is 26.6. The van der Waals surface area contributed by atoms with Crippen molar-refractivity contribution in [2.45, 2.75) is 30.8 Å². The van der Waals surface area contributed by atoms with Gasteiger partial charge in [-0.15, -0.1) is 11.8 Å².